The summed E-state index contributed by atoms with van der Waals surface area (Å²) >= 11 is 1.97. The van der Waals surface area contributed by atoms with Gasteiger partial charge in [0.25, 0.3) is 0 Å². The molecule has 0 N–H and O–H groups in total. The van der Waals surface area contributed by atoms with Crippen molar-refractivity contribution in [2.45, 2.75) is 74.6 Å². The molecule has 33 heavy (non-hydrogen) atoms. The SMILES string of the molecule is C[SiH2]OC(O[SiH2]C)C(C)(C)c1ccc(C(=O)C(C)N2CCC(Sc3ccccc3)CC2)cc1. The topological polar surface area (TPSA) is 38.8 Å². The van der Waals surface area contributed by atoms with Crippen LogP contribution in [0.1, 0.15) is 49.5 Å². The monoisotopic (exact) mass is 501 g/mol. The first kappa shape index (κ1) is 26.4. The molecule has 2 aromatic carbocycles. The summed E-state index contributed by atoms with van der Waals surface area (Å²) in [5.41, 5.74) is 1.70. The second kappa shape index (κ2) is 12.5. The van der Waals surface area contributed by atoms with E-state index in [1.807, 2.05) is 23.9 Å². The summed E-state index contributed by atoms with van der Waals surface area (Å²) < 4.78 is 12.0. The molecule has 2 aromatic rings. The van der Waals surface area contributed by atoms with Gasteiger partial charge in [0.1, 0.15) is 6.29 Å². The van der Waals surface area contributed by atoms with Crippen molar-refractivity contribution in [3.8, 4) is 0 Å². The van der Waals surface area contributed by atoms with Gasteiger partial charge in [0.15, 0.2) is 25.3 Å². The van der Waals surface area contributed by atoms with Gasteiger partial charge in [0.05, 0.1) is 6.04 Å². The Labute approximate surface area is 208 Å². The minimum Gasteiger partial charge on any atom is -0.400 e. The number of ketones is 1. The second-order valence-corrected chi connectivity index (χ2v) is 12.4. The van der Waals surface area contributed by atoms with Crippen molar-refractivity contribution < 1.29 is 13.6 Å². The van der Waals surface area contributed by atoms with E-state index in [1.165, 1.54) is 4.90 Å². The lowest BCUT2D eigenvalue weighted by atomic mass is 9.83. The molecule has 0 aromatic heterocycles. The number of likely N-dealkylation sites (tertiary alicyclic amines) is 1. The average Bonchev–Trinajstić information content (AvgIpc) is 2.84. The highest BCUT2D eigenvalue weighted by Crippen LogP contribution is 2.32. The highest BCUT2D eigenvalue weighted by Gasteiger charge is 2.33. The molecule has 1 aliphatic heterocycles. The Morgan fingerprint density at radius 3 is 2.12 bits per heavy atom. The quantitative estimate of drug-likeness (QED) is 0.259. The Balaban J connectivity index is 1.58. The molecule has 0 saturated carbocycles. The molecule has 1 unspecified atom stereocenters. The van der Waals surface area contributed by atoms with Gasteiger partial charge < -0.3 is 8.85 Å². The zero-order valence-corrected chi connectivity index (χ0v) is 24.4. The third kappa shape index (κ3) is 6.90. The number of thioether (sulfide) groups is 1. The predicted octanol–water partition coefficient (Wildman–Crippen LogP) is 4.42. The van der Waals surface area contributed by atoms with E-state index in [-0.39, 0.29) is 23.5 Å². The van der Waals surface area contributed by atoms with E-state index in [2.05, 4.69) is 81.2 Å². The largest absolute Gasteiger partial charge is 0.400 e. The van der Waals surface area contributed by atoms with Crippen molar-refractivity contribution in [2.75, 3.05) is 13.1 Å². The van der Waals surface area contributed by atoms with Crippen molar-refractivity contribution in [1.29, 1.82) is 0 Å². The van der Waals surface area contributed by atoms with Crippen molar-refractivity contribution in [3.05, 3.63) is 65.7 Å². The Hall–Kier alpha value is -1.23. The maximum atomic E-state index is 13.2. The van der Waals surface area contributed by atoms with Crippen molar-refractivity contribution >= 4 is 37.1 Å². The van der Waals surface area contributed by atoms with E-state index in [0.717, 1.165) is 37.1 Å². The van der Waals surface area contributed by atoms with Gasteiger partial charge in [-0.2, -0.15) is 0 Å². The van der Waals surface area contributed by atoms with Gasteiger partial charge in [0.2, 0.25) is 0 Å². The molecule has 0 amide bonds. The number of carbonyl (C=O) groups excluding carboxylic acids is 1. The minimum atomic E-state index is -0.567. The lowest BCUT2D eigenvalue weighted by Gasteiger charge is -2.36. The van der Waals surface area contributed by atoms with E-state index in [9.17, 15) is 4.79 Å². The van der Waals surface area contributed by atoms with Gasteiger partial charge in [0, 0.05) is 21.1 Å². The fraction of sp³-hybridized carbons (Fsp3) is 0.500. The average molecular weight is 502 g/mol. The van der Waals surface area contributed by atoms with Gasteiger partial charge in [-0.05, 0) is 50.6 Å². The number of nitrogens with zero attached hydrogens (tertiary/aromatic N) is 1. The van der Waals surface area contributed by atoms with Crippen molar-refractivity contribution in [2.24, 2.45) is 0 Å². The number of rotatable bonds is 11. The van der Waals surface area contributed by atoms with Crippen LogP contribution in [-0.4, -0.2) is 60.9 Å². The van der Waals surface area contributed by atoms with Crippen LogP contribution in [0, 0.1) is 0 Å². The molecule has 1 saturated heterocycles. The normalized spacial score (nSPS) is 18.3. The van der Waals surface area contributed by atoms with Crippen LogP contribution in [0.15, 0.2) is 59.5 Å². The van der Waals surface area contributed by atoms with Crippen molar-refractivity contribution in [3.63, 3.8) is 0 Å². The second-order valence-electron chi connectivity index (χ2n) is 9.25. The van der Waals surface area contributed by atoms with Crippen LogP contribution in [0.2, 0.25) is 13.1 Å². The molecule has 1 aliphatic rings. The van der Waals surface area contributed by atoms with Crippen LogP contribution in [0.5, 0.6) is 0 Å². The molecule has 180 valence electrons. The number of Topliss-reactive ketones (excluding diaryl/α,β-unsaturated/α-hetero) is 1. The van der Waals surface area contributed by atoms with Crippen LogP contribution < -0.4 is 0 Å². The van der Waals surface area contributed by atoms with Gasteiger partial charge in [-0.3, -0.25) is 9.69 Å². The number of carbonyl (C=O) groups is 1. The minimum absolute atomic E-state index is 0.0943. The van der Waals surface area contributed by atoms with Crippen LogP contribution in [0.3, 0.4) is 0 Å². The highest BCUT2D eigenvalue weighted by molar-refractivity contribution is 8.00. The summed E-state index contributed by atoms with van der Waals surface area (Å²) in [4.78, 5) is 16.9. The molecule has 0 radical (unpaired) electrons. The zero-order valence-electron chi connectivity index (χ0n) is 20.8. The number of hydrogen-bond donors (Lipinski definition) is 0. The summed E-state index contributed by atoms with van der Waals surface area (Å²) in [7, 11) is -1.13. The Bertz CT molecular complexity index is 865. The Kier molecular flexibility index (Phi) is 9.97. The van der Waals surface area contributed by atoms with E-state index >= 15 is 0 Å². The molecular weight excluding hydrogens is 463 g/mol. The van der Waals surface area contributed by atoms with E-state index in [4.69, 9.17) is 8.85 Å². The maximum Gasteiger partial charge on any atom is 0.179 e. The molecule has 1 fully saturated rings. The van der Waals surface area contributed by atoms with E-state index in [0.29, 0.717) is 5.25 Å². The van der Waals surface area contributed by atoms with E-state index in [1.54, 1.807) is 0 Å². The van der Waals surface area contributed by atoms with Gasteiger partial charge in [-0.1, -0.05) is 69.4 Å². The van der Waals surface area contributed by atoms with E-state index < -0.39 is 19.5 Å². The van der Waals surface area contributed by atoms with Crippen LogP contribution in [0.25, 0.3) is 0 Å². The molecule has 1 atom stereocenters. The number of hydrogen-bond acceptors (Lipinski definition) is 5. The molecule has 0 bridgehead atoms. The Morgan fingerprint density at radius 2 is 1.58 bits per heavy atom. The molecule has 4 nitrogen and oxygen atoms in total. The number of piperidine rings is 1. The van der Waals surface area contributed by atoms with Crippen LogP contribution >= 0.6 is 11.8 Å². The first-order valence-electron chi connectivity index (χ1n) is 12.2. The summed E-state index contributed by atoms with van der Waals surface area (Å²) in [6, 6.07) is 18.7. The lowest BCUT2D eigenvalue weighted by molar-refractivity contribution is -0.0433. The fourth-order valence-corrected chi connectivity index (χ4v) is 7.42. The van der Waals surface area contributed by atoms with Gasteiger partial charge in [-0.15, -0.1) is 11.8 Å². The fourth-order valence-electron chi connectivity index (χ4n) is 4.45. The smallest absolute Gasteiger partial charge is 0.179 e. The molecule has 3 rings (SSSR count). The van der Waals surface area contributed by atoms with Crippen LogP contribution in [-0.2, 0) is 14.3 Å². The first-order chi connectivity index (χ1) is 15.9. The summed E-state index contributed by atoms with van der Waals surface area (Å²) in [5, 5.41) is 0.627. The highest BCUT2D eigenvalue weighted by atomic mass is 32.2. The van der Waals surface area contributed by atoms with Gasteiger partial charge in [-0.25, -0.2) is 0 Å². The zero-order chi connectivity index (χ0) is 23.8. The molecule has 1 heterocycles. The van der Waals surface area contributed by atoms with Gasteiger partial charge >= 0.3 is 0 Å². The summed E-state index contributed by atoms with van der Waals surface area (Å²) in [5.74, 6) is 0.208. The molecular formula is C26H39NO3SSi2. The predicted molar refractivity (Wildman–Crippen MR) is 145 cm³/mol. The lowest BCUT2D eigenvalue weighted by Crippen LogP contribution is -2.44. The van der Waals surface area contributed by atoms with Crippen molar-refractivity contribution in [1.82, 2.24) is 4.90 Å². The standard InChI is InChI=1S/C26H39NO3SSi2/c1-19(27-17-15-23(16-18-27)31-22-9-7-6-8-10-22)24(28)20-11-13-21(14-12-20)26(2,3)25(29-32-4)30-33-5/h6-14,19,23,25H,15-18,32-33H2,1-5H3. The third-order valence-corrected chi connectivity index (χ3v) is 9.21. The summed E-state index contributed by atoms with van der Waals surface area (Å²) in [6.07, 6.45) is 2.04. The first-order valence-corrected chi connectivity index (χ1v) is 17.1. The maximum absolute atomic E-state index is 13.2. The molecule has 0 spiro atoms. The molecule has 0 aliphatic carbocycles. The van der Waals surface area contributed by atoms with Crippen LogP contribution in [0.4, 0.5) is 0 Å². The number of benzene rings is 2. The summed E-state index contributed by atoms with van der Waals surface area (Å²) in [6.45, 7) is 12.6. The Morgan fingerprint density at radius 1 is 1.00 bits per heavy atom. The third-order valence-electron chi connectivity index (χ3n) is 6.59. The molecule has 7 heteroatoms.